The summed E-state index contributed by atoms with van der Waals surface area (Å²) in [6.07, 6.45) is 1.89. The molecule has 23 heavy (non-hydrogen) atoms. The summed E-state index contributed by atoms with van der Waals surface area (Å²) in [5.74, 6) is -0.213. The van der Waals surface area contributed by atoms with Gasteiger partial charge in [-0.3, -0.25) is 0 Å². The second-order valence-electron chi connectivity index (χ2n) is 7.18. The molecule has 2 aliphatic heterocycles. The van der Waals surface area contributed by atoms with E-state index in [2.05, 4.69) is 4.31 Å². The van der Waals surface area contributed by atoms with E-state index >= 15 is 0 Å². The lowest BCUT2D eigenvalue weighted by molar-refractivity contribution is 0.0130. The zero-order chi connectivity index (χ0) is 16.6. The molecule has 2 aliphatic rings. The van der Waals surface area contributed by atoms with Crippen LogP contribution in [-0.4, -0.2) is 46.1 Å². The van der Waals surface area contributed by atoms with Crippen molar-refractivity contribution in [2.45, 2.75) is 56.2 Å². The summed E-state index contributed by atoms with van der Waals surface area (Å²) in [5.41, 5.74) is -0.469. The fourth-order valence-corrected chi connectivity index (χ4v) is 4.32. The molecule has 2 saturated heterocycles. The quantitative estimate of drug-likeness (QED) is 0.765. The minimum absolute atomic E-state index is 0.213. The van der Waals surface area contributed by atoms with Crippen molar-refractivity contribution in [3.63, 3.8) is 0 Å². The van der Waals surface area contributed by atoms with E-state index in [1.807, 2.05) is 31.7 Å². The van der Waals surface area contributed by atoms with Gasteiger partial charge in [-0.2, -0.15) is 0 Å². The number of rotatable bonds is 2. The molecule has 1 amide bonds. The SMILES string of the molecule is CC(C)(C)OC(=O)N1CC2CCC(C1)N2Sc1cccc(F)c1. The van der Waals surface area contributed by atoms with E-state index in [1.54, 1.807) is 24.1 Å². The van der Waals surface area contributed by atoms with Crippen molar-refractivity contribution in [1.29, 1.82) is 0 Å². The van der Waals surface area contributed by atoms with Crippen molar-refractivity contribution in [2.24, 2.45) is 0 Å². The molecule has 126 valence electrons. The second kappa shape index (κ2) is 6.32. The van der Waals surface area contributed by atoms with Crippen LogP contribution in [-0.2, 0) is 4.74 Å². The number of hydrogen-bond donors (Lipinski definition) is 0. The Morgan fingerprint density at radius 2 is 1.91 bits per heavy atom. The molecule has 0 aromatic heterocycles. The summed E-state index contributed by atoms with van der Waals surface area (Å²) in [7, 11) is 0. The molecule has 0 aliphatic carbocycles. The predicted molar refractivity (Wildman–Crippen MR) is 88.7 cm³/mol. The second-order valence-corrected chi connectivity index (χ2v) is 8.25. The maximum atomic E-state index is 13.4. The number of hydrogen-bond acceptors (Lipinski definition) is 4. The largest absolute Gasteiger partial charge is 0.444 e. The normalized spacial score (nSPS) is 24.8. The van der Waals surface area contributed by atoms with E-state index in [0.29, 0.717) is 25.2 Å². The van der Waals surface area contributed by atoms with Gasteiger partial charge in [-0.15, -0.1) is 0 Å². The highest BCUT2D eigenvalue weighted by Gasteiger charge is 2.43. The first-order chi connectivity index (χ1) is 10.8. The van der Waals surface area contributed by atoms with E-state index in [0.717, 1.165) is 17.7 Å². The summed E-state index contributed by atoms with van der Waals surface area (Å²) >= 11 is 1.60. The molecule has 1 aromatic carbocycles. The number of piperazine rings is 1. The summed E-state index contributed by atoms with van der Waals surface area (Å²) in [6.45, 7) is 7.00. The third-order valence-corrected chi connectivity index (χ3v) is 5.35. The van der Waals surface area contributed by atoms with Gasteiger partial charge in [-0.1, -0.05) is 6.07 Å². The predicted octanol–water partition coefficient (Wildman–Crippen LogP) is 3.92. The third kappa shape index (κ3) is 3.98. The monoisotopic (exact) mass is 338 g/mol. The highest BCUT2D eigenvalue weighted by Crippen LogP contribution is 2.39. The van der Waals surface area contributed by atoms with Crippen LogP contribution >= 0.6 is 11.9 Å². The molecule has 0 N–H and O–H groups in total. The first kappa shape index (κ1) is 16.6. The Hall–Kier alpha value is -1.27. The average molecular weight is 338 g/mol. The van der Waals surface area contributed by atoms with Crippen LogP contribution in [0, 0.1) is 5.82 Å². The number of likely N-dealkylation sites (tertiary alicyclic amines) is 1. The van der Waals surface area contributed by atoms with Gasteiger partial charge in [-0.25, -0.2) is 13.5 Å². The van der Waals surface area contributed by atoms with Crippen LogP contribution in [0.1, 0.15) is 33.6 Å². The highest BCUT2D eigenvalue weighted by atomic mass is 32.2. The molecule has 1 aromatic rings. The molecular formula is C17H23FN2O2S. The van der Waals surface area contributed by atoms with E-state index in [1.165, 1.54) is 6.07 Å². The Balaban J connectivity index is 1.64. The summed E-state index contributed by atoms with van der Waals surface area (Å²) in [5, 5.41) is 0. The highest BCUT2D eigenvalue weighted by molar-refractivity contribution is 7.97. The van der Waals surface area contributed by atoms with Gasteiger partial charge in [0, 0.05) is 30.1 Å². The minimum Gasteiger partial charge on any atom is -0.444 e. The van der Waals surface area contributed by atoms with Crippen LogP contribution in [0.2, 0.25) is 0 Å². The van der Waals surface area contributed by atoms with Crippen molar-refractivity contribution in [3.8, 4) is 0 Å². The molecule has 2 unspecified atom stereocenters. The molecule has 4 nitrogen and oxygen atoms in total. The molecular weight excluding hydrogens is 315 g/mol. The van der Waals surface area contributed by atoms with Gasteiger partial charge in [0.25, 0.3) is 0 Å². The number of amides is 1. The van der Waals surface area contributed by atoms with Gasteiger partial charge < -0.3 is 9.64 Å². The minimum atomic E-state index is -0.469. The Kier molecular flexibility index (Phi) is 4.56. The molecule has 0 spiro atoms. The van der Waals surface area contributed by atoms with Gasteiger partial charge in [0.05, 0.1) is 0 Å². The zero-order valence-corrected chi connectivity index (χ0v) is 14.6. The van der Waals surface area contributed by atoms with Crippen LogP contribution in [0.15, 0.2) is 29.2 Å². The lowest BCUT2D eigenvalue weighted by Gasteiger charge is -2.40. The molecule has 2 atom stereocenters. The zero-order valence-electron chi connectivity index (χ0n) is 13.8. The maximum absolute atomic E-state index is 13.4. The molecule has 6 heteroatoms. The number of fused-ring (bicyclic) bond motifs is 2. The number of halogens is 1. The summed E-state index contributed by atoms with van der Waals surface area (Å²) in [6, 6.07) is 7.28. The van der Waals surface area contributed by atoms with E-state index in [-0.39, 0.29) is 11.9 Å². The van der Waals surface area contributed by atoms with Gasteiger partial charge >= 0.3 is 6.09 Å². The Bertz CT molecular complexity index is 576. The van der Waals surface area contributed by atoms with E-state index in [4.69, 9.17) is 4.74 Å². The maximum Gasteiger partial charge on any atom is 0.410 e. The van der Waals surface area contributed by atoms with E-state index < -0.39 is 5.60 Å². The number of carbonyl (C=O) groups is 1. The number of nitrogens with zero attached hydrogens (tertiary/aromatic N) is 2. The van der Waals surface area contributed by atoms with Crippen LogP contribution < -0.4 is 0 Å². The smallest absolute Gasteiger partial charge is 0.410 e. The first-order valence-corrected chi connectivity index (χ1v) is 8.79. The first-order valence-electron chi connectivity index (χ1n) is 8.01. The lowest BCUT2D eigenvalue weighted by Crippen LogP contribution is -2.53. The van der Waals surface area contributed by atoms with Crippen molar-refractivity contribution in [1.82, 2.24) is 9.21 Å². The van der Waals surface area contributed by atoms with Crippen molar-refractivity contribution < 1.29 is 13.9 Å². The van der Waals surface area contributed by atoms with Gasteiger partial charge in [-0.05, 0) is 63.8 Å². The van der Waals surface area contributed by atoms with Crippen molar-refractivity contribution >= 4 is 18.0 Å². The van der Waals surface area contributed by atoms with Gasteiger partial charge in [0.2, 0.25) is 0 Å². The Morgan fingerprint density at radius 1 is 1.26 bits per heavy atom. The third-order valence-electron chi connectivity index (χ3n) is 4.07. The van der Waals surface area contributed by atoms with Crippen molar-refractivity contribution in [3.05, 3.63) is 30.1 Å². The molecule has 3 rings (SSSR count). The van der Waals surface area contributed by atoms with Gasteiger partial charge in [0.1, 0.15) is 11.4 Å². The summed E-state index contributed by atoms with van der Waals surface area (Å²) < 4.78 is 21.2. The fourth-order valence-electron chi connectivity index (χ4n) is 3.13. The van der Waals surface area contributed by atoms with Gasteiger partial charge in [0.15, 0.2) is 0 Å². The number of ether oxygens (including phenoxy) is 1. The molecule has 2 heterocycles. The number of benzene rings is 1. The summed E-state index contributed by atoms with van der Waals surface area (Å²) in [4.78, 5) is 15.0. The lowest BCUT2D eigenvalue weighted by atomic mass is 10.2. The fraction of sp³-hybridized carbons (Fsp3) is 0.588. The van der Waals surface area contributed by atoms with Crippen LogP contribution in [0.3, 0.4) is 0 Å². The molecule has 0 saturated carbocycles. The van der Waals surface area contributed by atoms with Crippen LogP contribution in [0.5, 0.6) is 0 Å². The standard InChI is InChI=1S/C17H23FN2O2S/c1-17(2,3)22-16(21)19-10-13-7-8-14(11-19)20(13)23-15-6-4-5-12(18)9-15/h4-6,9,13-14H,7-8,10-11H2,1-3H3. The Morgan fingerprint density at radius 3 is 2.48 bits per heavy atom. The molecule has 2 fully saturated rings. The molecule has 2 bridgehead atoms. The van der Waals surface area contributed by atoms with Crippen LogP contribution in [0.25, 0.3) is 0 Å². The Labute approximate surface area is 141 Å². The van der Waals surface area contributed by atoms with Crippen molar-refractivity contribution in [2.75, 3.05) is 13.1 Å². The number of carbonyl (C=O) groups excluding carboxylic acids is 1. The topological polar surface area (TPSA) is 32.8 Å². The van der Waals surface area contributed by atoms with E-state index in [9.17, 15) is 9.18 Å². The average Bonchev–Trinajstić information content (AvgIpc) is 2.68. The van der Waals surface area contributed by atoms with Crippen LogP contribution in [0.4, 0.5) is 9.18 Å². The molecule has 0 radical (unpaired) electrons.